The van der Waals surface area contributed by atoms with E-state index < -0.39 is 0 Å². The summed E-state index contributed by atoms with van der Waals surface area (Å²) in [5.74, 6) is 1.19. The predicted molar refractivity (Wildman–Crippen MR) is 105 cm³/mol. The number of anilines is 2. The average molecular weight is 393 g/mol. The summed E-state index contributed by atoms with van der Waals surface area (Å²) < 4.78 is 0. The molecule has 2 aliphatic heterocycles. The second-order valence-electron chi connectivity index (χ2n) is 6.64. The topological polar surface area (TPSA) is 68.4 Å². The zero-order chi connectivity index (χ0) is 18.3. The molecule has 4 rings (SSSR count). The van der Waals surface area contributed by atoms with Gasteiger partial charge in [-0.05, 0) is 31.7 Å². The first kappa shape index (κ1) is 17.6. The van der Waals surface area contributed by atoms with Crippen molar-refractivity contribution >= 4 is 41.2 Å². The number of likely N-dealkylation sites (N-methyl/N-ethyl adjacent to an activating group) is 1. The number of carbonyl (C=O) groups is 1. The largest absolute Gasteiger partial charge is 0.337 e. The maximum absolute atomic E-state index is 12.8. The molecule has 7 nitrogen and oxygen atoms in total. The van der Waals surface area contributed by atoms with E-state index in [9.17, 15) is 4.79 Å². The van der Waals surface area contributed by atoms with Crippen molar-refractivity contribution in [3.63, 3.8) is 0 Å². The Morgan fingerprint density at radius 2 is 1.88 bits per heavy atom. The molecule has 0 saturated carbocycles. The zero-order valence-electron chi connectivity index (χ0n) is 14.7. The number of benzene rings is 1. The van der Waals surface area contributed by atoms with Crippen molar-refractivity contribution in [2.24, 2.45) is 0 Å². The summed E-state index contributed by atoms with van der Waals surface area (Å²) in [4.78, 5) is 23.5. The molecule has 1 aromatic carbocycles. The molecule has 9 heteroatoms. The van der Waals surface area contributed by atoms with Gasteiger partial charge in [0.25, 0.3) is 0 Å². The molecule has 2 aliphatic rings. The van der Waals surface area contributed by atoms with Crippen LogP contribution in [0.2, 0.25) is 5.02 Å². The van der Waals surface area contributed by atoms with Gasteiger partial charge >= 0.3 is 0 Å². The molecule has 2 atom stereocenters. The number of aromatic amines is 1. The fourth-order valence-electron chi connectivity index (χ4n) is 3.19. The number of aromatic nitrogens is 3. The standard InChI is InChI=1S/C17H21ClN6OS/c1-11-14(25)24(15(26-11)12-3-5-13(18)6-4-12)17-19-16(20-21-17)23-9-7-22(2)8-10-23/h3-6,11,15H,7-10H2,1-2H3,(H,19,20,21)/t11?,15-/m1/s1. The minimum atomic E-state index is -0.136. The maximum Gasteiger partial charge on any atom is 0.246 e. The Balaban J connectivity index is 1.60. The van der Waals surface area contributed by atoms with Gasteiger partial charge in [-0.25, -0.2) is 5.10 Å². The van der Waals surface area contributed by atoms with E-state index in [1.807, 2.05) is 31.2 Å². The van der Waals surface area contributed by atoms with Gasteiger partial charge in [-0.2, -0.15) is 4.98 Å². The normalized spacial score (nSPS) is 24.5. The van der Waals surface area contributed by atoms with Crippen molar-refractivity contribution in [3.05, 3.63) is 34.9 Å². The molecule has 138 valence electrons. The second-order valence-corrected chi connectivity index (χ2v) is 8.50. The van der Waals surface area contributed by atoms with Gasteiger partial charge in [0.2, 0.25) is 17.8 Å². The molecule has 0 bridgehead atoms. The van der Waals surface area contributed by atoms with Crippen LogP contribution >= 0.6 is 23.4 Å². The molecule has 0 radical (unpaired) electrons. The van der Waals surface area contributed by atoms with Gasteiger partial charge < -0.3 is 9.80 Å². The highest BCUT2D eigenvalue weighted by Gasteiger charge is 2.41. The van der Waals surface area contributed by atoms with Crippen molar-refractivity contribution in [1.29, 1.82) is 0 Å². The lowest BCUT2D eigenvalue weighted by atomic mass is 10.2. The van der Waals surface area contributed by atoms with E-state index in [1.165, 1.54) is 0 Å². The fraction of sp³-hybridized carbons (Fsp3) is 0.471. The number of thioether (sulfide) groups is 1. The van der Waals surface area contributed by atoms with Crippen LogP contribution in [-0.4, -0.2) is 64.5 Å². The number of nitrogens with one attached hydrogen (secondary N) is 1. The lowest BCUT2D eigenvalue weighted by molar-refractivity contribution is -0.117. The average Bonchev–Trinajstić information content (AvgIpc) is 3.22. The number of piperazine rings is 1. The molecule has 1 aromatic heterocycles. The Kier molecular flexibility index (Phi) is 4.81. The van der Waals surface area contributed by atoms with Gasteiger partial charge in [-0.3, -0.25) is 9.69 Å². The van der Waals surface area contributed by atoms with Crippen molar-refractivity contribution in [3.8, 4) is 0 Å². The van der Waals surface area contributed by atoms with Gasteiger partial charge in [-0.15, -0.1) is 16.9 Å². The van der Waals surface area contributed by atoms with E-state index >= 15 is 0 Å². The highest BCUT2D eigenvalue weighted by Crippen LogP contribution is 2.44. The lowest BCUT2D eigenvalue weighted by Crippen LogP contribution is -2.45. The smallest absolute Gasteiger partial charge is 0.246 e. The van der Waals surface area contributed by atoms with E-state index in [-0.39, 0.29) is 16.5 Å². The Morgan fingerprint density at radius 3 is 2.58 bits per heavy atom. The van der Waals surface area contributed by atoms with Crippen molar-refractivity contribution in [1.82, 2.24) is 20.1 Å². The van der Waals surface area contributed by atoms with Gasteiger partial charge in [0.05, 0.1) is 5.25 Å². The van der Waals surface area contributed by atoms with Crippen molar-refractivity contribution in [2.75, 3.05) is 43.0 Å². The molecule has 2 fully saturated rings. The number of nitrogens with zero attached hydrogens (tertiary/aromatic N) is 5. The summed E-state index contributed by atoms with van der Waals surface area (Å²) in [6, 6.07) is 7.60. The number of amides is 1. The van der Waals surface area contributed by atoms with Crippen LogP contribution in [0.25, 0.3) is 0 Å². The fourth-order valence-corrected chi connectivity index (χ4v) is 4.58. The summed E-state index contributed by atoms with van der Waals surface area (Å²) in [6.07, 6.45) is 0. The van der Waals surface area contributed by atoms with Crippen LogP contribution in [-0.2, 0) is 4.79 Å². The van der Waals surface area contributed by atoms with Gasteiger partial charge in [0.15, 0.2) is 0 Å². The predicted octanol–water partition coefficient (Wildman–Crippen LogP) is 2.38. The van der Waals surface area contributed by atoms with E-state index in [1.54, 1.807) is 16.7 Å². The molecule has 2 aromatic rings. The Morgan fingerprint density at radius 1 is 1.19 bits per heavy atom. The van der Waals surface area contributed by atoms with Crippen molar-refractivity contribution < 1.29 is 4.79 Å². The molecule has 2 saturated heterocycles. The van der Waals surface area contributed by atoms with Gasteiger partial charge in [-0.1, -0.05) is 23.7 Å². The van der Waals surface area contributed by atoms with Crippen molar-refractivity contribution in [2.45, 2.75) is 17.5 Å². The number of carbonyl (C=O) groups excluding carboxylic acids is 1. The second kappa shape index (κ2) is 7.09. The van der Waals surface area contributed by atoms with Crippen LogP contribution in [0.3, 0.4) is 0 Å². The molecule has 0 spiro atoms. The third-order valence-electron chi connectivity index (χ3n) is 4.78. The maximum atomic E-state index is 12.8. The minimum Gasteiger partial charge on any atom is -0.337 e. The highest BCUT2D eigenvalue weighted by molar-refractivity contribution is 8.01. The summed E-state index contributed by atoms with van der Waals surface area (Å²) >= 11 is 7.61. The molecule has 3 heterocycles. The summed E-state index contributed by atoms with van der Waals surface area (Å²) in [5, 5.41) is 7.74. The number of rotatable bonds is 3. The number of halogens is 1. The molecule has 1 N–H and O–H groups in total. The van der Waals surface area contributed by atoms with Crippen LogP contribution in [0.1, 0.15) is 17.9 Å². The molecule has 26 heavy (non-hydrogen) atoms. The molecular weight excluding hydrogens is 372 g/mol. The zero-order valence-corrected chi connectivity index (χ0v) is 16.3. The SMILES string of the molecule is CC1S[C@H](c2ccc(Cl)cc2)N(c2nc(N3CCN(C)CC3)n[nH]2)C1=O. The number of hydrogen-bond acceptors (Lipinski definition) is 6. The minimum absolute atomic E-state index is 0.0380. The lowest BCUT2D eigenvalue weighted by Gasteiger charge is -2.31. The summed E-state index contributed by atoms with van der Waals surface area (Å²) in [6.45, 7) is 5.65. The summed E-state index contributed by atoms with van der Waals surface area (Å²) in [5.41, 5.74) is 1.02. The molecule has 1 unspecified atom stereocenters. The van der Waals surface area contributed by atoms with E-state index in [2.05, 4.69) is 32.0 Å². The Hall–Kier alpha value is -1.77. The van der Waals surface area contributed by atoms with E-state index in [0.717, 1.165) is 31.7 Å². The van der Waals surface area contributed by atoms with Gasteiger partial charge in [0, 0.05) is 31.2 Å². The molecule has 1 amide bonds. The number of hydrogen-bond donors (Lipinski definition) is 1. The Bertz CT molecular complexity index is 789. The van der Waals surface area contributed by atoms with E-state index in [4.69, 9.17) is 11.6 Å². The third-order valence-corrected chi connectivity index (χ3v) is 6.39. The first-order valence-electron chi connectivity index (χ1n) is 8.63. The monoisotopic (exact) mass is 392 g/mol. The van der Waals surface area contributed by atoms with Crippen LogP contribution in [0.15, 0.2) is 24.3 Å². The van der Waals surface area contributed by atoms with Crippen LogP contribution in [0.4, 0.5) is 11.9 Å². The van der Waals surface area contributed by atoms with Gasteiger partial charge in [0.1, 0.15) is 5.37 Å². The van der Waals surface area contributed by atoms with Crippen LogP contribution < -0.4 is 9.80 Å². The van der Waals surface area contributed by atoms with Crippen LogP contribution in [0, 0.1) is 0 Å². The van der Waals surface area contributed by atoms with Crippen LogP contribution in [0.5, 0.6) is 0 Å². The van der Waals surface area contributed by atoms with E-state index in [0.29, 0.717) is 16.9 Å². The first-order chi connectivity index (χ1) is 12.5. The summed E-state index contributed by atoms with van der Waals surface area (Å²) in [7, 11) is 2.11. The molecule has 0 aliphatic carbocycles. The Labute approximate surface area is 161 Å². The number of H-pyrrole nitrogens is 1. The quantitative estimate of drug-likeness (QED) is 0.864. The highest BCUT2D eigenvalue weighted by atomic mass is 35.5. The molecular formula is C17H21ClN6OS. The first-order valence-corrected chi connectivity index (χ1v) is 9.95. The third kappa shape index (κ3) is 3.28.